The van der Waals surface area contributed by atoms with Gasteiger partial charge >= 0.3 is 0 Å². The van der Waals surface area contributed by atoms with Gasteiger partial charge in [-0.1, -0.05) is 48.5 Å². The molecule has 2 aliphatic heterocycles. The Morgan fingerprint density at radius 1 is 0.929 bits per heavy atom. The van der Waals surface area contributed by atoms with Crippen LogP contribution in [0, 0.1) is 0 Å². The second-order valence-electron chi connectivity index (χ2n) is 7.96. The minimum atomic E-state index is -0.122. The SMILES string of the molecule is CC(C(=O)N1CCN(c2ccccc2)CC1)N1C[C@@H](N)[C@H](c2ccccc2)C1. The number of likely N-dealkylation sites (tertiary alicyclic amines) is 1. The molecule has 2 heterocycles. The average molecular weight is 379 g/mol. The number of hydrogen-bond acceptors (Lipinski definition) is 4. The van der Waals surface area contributed by atoms with Crippen LogP contribution in [0.3, 0.4) is 0 Å². The molecular formula is C23H30N4O. The van der Waals surface area contributed by atoms with Crippen molar-refractivity contribution in [1.82, 2.24) is 9.80 Å². The Labute approximate surface area is 167 Å². The highest BCUT2D eigenvalue weighted by molar-refractivity contribution is 5.82. The highest BCUT2D eigenvalue weighted by Gasteiger charge is 2.37. The van der Waals surface area contributed by atoms with Gasteiger partial charge in [-0.3, -0.25) is 9.69 Å². The summed E-state index contributed by atoms with van der Waals surface area (Å²) < 4.78 is 0. The maximum absolute atomic E-state index is 13.1. The highest BCUT2D eigenvalue weighted by atomic mass is 16.2. The second kappa shape index (κ2) is 8.33. The van der Waals surface area contributed by atoms with Crippen molar-refractivity contribution in [3.8, 4) is 0 Å². The number of anilines is 1. The van der Waals surface area contributed by atoms with E-state index in [0.29, 0.717) is 5.92 Å². The van der Waals surface area contributed by atoms with Gasteiger partial charge in [0, 0.05) is 56.9 Å². The molecule has 2 N–H and O–H groups in total. The number of carbonyl (C=O) groups excluding carboxylic acids is 1. The molecule has 2 saturated heterocycles. The van der Waals surface area contributed by atoms with Crippen LogP contribution in [0.2, 0.25) is 0 Å². The highest BCUT2D eigenvalue weighted by Crippen LogP contribution is 2.28. The fourth-order valence-corrected chi connectivity index (χ4v) is 4.47. The van der Waals surface area contributed by atoms with Gasteiger partial charge in [0.2, 0.25) is 5.91 Å². The van der Waals surface area contributed by atoms with Crippen LogP contribution in [-0.2, 0) is 4.79 Å². The number of piperazine rings is 1. The number of carbonyl (C=O) groups is 1. The number of benzene rings is 2. The normalized spacial score (nSPS) is 24.4. The Bertz CT molecular complexity index is 774. The van der Waals surface area contributed by atoms with Crippen molar-refractivity contribution in [3.05, 3.63) is 66.2 Å². The van der Waals surface area contributed by atoms with Gasteiger partial charge in [-0.05, 0) is 24.6 Å². The Kier molecular flexibility index (Phi) is 5.64. The summed E-state index contributed by atoms with van der Waals surface area (Å²) in [7, 11) is 0. The molecular weight excluding hydrogens is 348 g/mol. The summed E-state index contributed by atoms with van der Waals surface area (Å²) in [6, 6.07) is 20.8. The van der Waals surface area contributed by atoms with Gasteiger partial charge in [0.05, 0.1) is 6.04 Å². The summed E-state index contributed by atoms with van der Waals surface area (Å²) in [6.07, 6.45) is 0. The first-order chi connectivity index (χ1) is 13.6. The quantitative estimate of drug-likeness (QED) is 0.886. The third-order valence-corrected chi connectivity index (χ3v) is 6.24. The van der Waals surface area contributed by atoms with E-state index >= 15 is 0 Å². The van der Waals surface area contributed by atoms with Crippen molar-refractivity contribution in [1.29, 1.82) is 0 Å². The second-order valence-corrected chi connectivity index (χ2v) is 7.96. The van der Waals surface area contributed by atoms with Crippen molar-refractivity contribution in [2.45, 2.75) is 24.9 Å². The number of nitrogens with zero attached hydrogens (tertiary/aromatic N) is 3. The van der Waals surface area contributed by atoms with Crippen molar-refractivity contribution >= 4 is 11.6 Å². The maximum Gasteiger partial charge on any atom is 0.239 e. The lowest BCUT2D eigenvalue weighted by Gasteiger charge is -2.38. The first-order valence-corrected chi connectivity index (χ1v) is 10.3. The molecule has 148 valence electrons. The van der Waals surface area contributed by atoms with Crippen molar-refractivity contribution in [2.75, 3.05) is 44.2 Å². The predicted octanol–water partition coefficient (Wildman–Crippen LogP) is 2.15. The maximum atomic E-state index is 13.1. The van der Waals surface area contributed by atoms with E-state index in [2.05, 4.69) is 58.3 Å². The topological polar surface area (TPSA) is 52.8 Å². The lowest BCUT2D eigenvalue weighted by atomic mass is 9.95. The van der Waals surface area contributed by atoms with E-state index in [0.717, 1.165) is 39.3 Å². The monoisotopic (exact) mass is 378 g/mol. The fraction of sp³-hybridized carbons (Fsp3) is 0.435. The minimum Gasteiger partial charge on any atom is -0.368 e. The molecule has 0 bridgehead atoms. The molecule has 0 aliphatic carbocycles. The van der Waals surface area contributed by atoms with Crippen LogP contribution >= 0.6 is 0 Å². The van der Waals surface area contributed by atoms with E-state index in [9.17, 15) is 4.79 Å². The smallest absolute Gasteiger partial charge is 0.239 e. The van der Waals surface area contributed by atoms with Crippen LogP contribution in [0.25, 0.3) is 0 Å². The van der Waals surface area contributed by atoms with E-state index in [1.807, 2.05) is 24.0 Å². The van der Waals surface area contributed by atoms with E-state index in [-0.39, 0.29) is 18.0 Å². The van der Waals surface area contributed by atoms with Crippen LogP contribution in [0.15, 0.2) is 60.7 Å². The van der Waals surface area contributed by atoms with Crippen LogP contribution in [0.4, 0.5) is 5.69 Å². The molecule has 0 aromatic heterocycles. The molecule has 0 radical (unpaired) electrons. The molecule has 1 unspecified atom stereocenters. The lowest BCUT2D eigenvalue weighted by molar-refractivity contribution is -0.136. The average Bonchev–Trinajstić information content (AvgIpc) is 3.15. The first kappa shape index (κ1) is 19.0. The van der Waals surface area contributed by atoms with Crippen LogP contribution in [0.5, 0.6) is 0 Å². The van der Waals surface area contributed by atoms with Gasteiger partial charge in [-0.25, -0.2) is 0 Å². The molecule has 2 aromatic rings. The summed E-state index contributed by atoms with van der Waals surface area (Å²) in [5.74, 6) is 0.528. The van der Waals surface area contributed by atoms with Gasteiger partial charge in [0.15, 0.2) is 0 Å². The number of hydrogen-bond donors (Lipinski definition) is 1. The molecule has 2 aliphatic rings. The van der Waals surface area contributed by atoms with Gasteiger partial charge in [0.25, 0.3) is 0 Å². The zero-order valence-electron chi connectivity index (χ0n) is 16.6. The number of amides is 1. The van der Waals surface area contributed by atoms with Crippen LogP contribution in [-0.4, -0.2) is 67.1 Å². The number of para-hydroxylation sites is 1. The first-order valence-electron chi connectivity index (χ1n) is 10.3. The molecule has 4 rings (SSSR count). The van der Waals surface area contributed by atoms with Gasteiger partial charge < -0.3 is 15.5 Å². The van der Waals surface area contributed by atoms with Gasteiger partial charge in [-0.15, -0.1) is 0 Å². The Hall–Kier alpha value is -2.37. The molecule has 2 fully saturated rings. The van der Waals surface area contributed by atoms with E-state index in [1.165, 1.54) is 11.3 Å². The molecule has 5 heteroatoms. The third-order valence-electron chi connectivity index (χ3n) is 6.24. The third kappa shape index (κ3) is 3.91. The summed E-state index contributed by atoms with van der Waals surface area (Å²) in [5, 5.41) is 0. The van der Waals surface area contributed by atoms with E-state index in [4.69, 9.17) is 5.73 Å². The summed E-state index contributed by atoms with van der Waals surface area (Å²) in [5.41, 5.74) is 8.93. The molecule has 2 aromatic carbocycles. The van der Waals surface area contributed by atoms with Crippen LogP contribution < -0.4 is 10.6 Å². The molecule has 3 atom stereocenters. The number of nitrogens with two attached hydrogens (primary N) is 1. The molecule has 0 saturated carbocycles. The van der Waals surface area contributed by atoms with Gasteiger partial charge in [-0.2, -0.15) is 0 Å². The predicted molar refractivity (Wildman–Crippen MR) is 113 cm³/mol. The summed E-state index contributed by atoms with van der Waals surface area (Å²) in [6.45, 7) is 6.98. The molecule has 28 heavy (non-hydrogen) atoms. The number of rotatable bonds is 4. The molecule has 5 nitrogen and oxygen atoms in total. The Morgan fingerprint density at radius 3 is 2.18 bits per heavy atom. The largest absolute Gasteiger partial charge is 0.368 e. The minimum absolute atomic E-state index is 0.0765. The van der Waals surface area contributed by atoms with E-state index < -0.39 is 0 Å². The standard InChI is InChI=1S/C23H30N4O/c1-18(27-16-21(22(24)17-27)19-8-4-2-5-9-19)23(28)26-14-12-25(13-15-26)20-10-6-3-7-11-20/h2-11,18,21-22H,12-17,24H2,1H3/t18?,21-,22+/m0/s1. The van der Waals surface area contributed by atoms with E-state index in [1.54, 1.807) is 0 Å². The van der Waals surface area contributed by atoms with Gasteiger partial charge in [0.1, 0.15) is 0 Å². The Morgan fingerprint density at radius 2 is 1.54 bits per heavy atom. The van der Waals surface area contributed by atoms with Crippen molar-refractivity contribution < 1.29 is 4.79 Å². The summed E-state index contributed by atoms with van der Waals surface area (Å²) in [4.78, 5) is 19.7. The summed E-state index contributed by atoms with van der Waals surface area (Å²) >= 11 is 0. The zero-order valence-corrected chi connectivity index (χ0v) is 16.6. The van der Waals surface area contributed by atoms with Crippen LogP contribution in [0.1, 0.15) is 18.4 Å². The molecule has 1 amide bonds. The van der Waals surface area contributed by atoms with Crippen molar-refractivity contribution in [2.24, 2.45) is 5.73 Å². The lowest BCUT2D eigenvalue weighted by Crippen LogP contribution is -2.54. The molecule has 0 spiro atoms. The fourth-order valence-electron chi connectivity index (χ4n) is 4.47. The zero-order chi connectivity index (χ0) is 19.5. The Balaban J connectivity index is 1.34. The van der Waals surface area contributed by atoms with Crippen molar-refractivity contribution in [3.63, 3.8) is 0 Å².